The first-order valence-corrected chi connectivity index (χ1v) is 7.12. The Kier molecular flexibility index (Phi) is 2.54. The average molecular weight is 293 g/mol. The van der Waals surface area contributed by atoms with Crippen LogP contribution in [0.15, 0.2) is 42.5 Å². The fraction of sp³-hybridized carbons (Fsp3) is 0.176. The van der Waals surface area contributed by atoms with E-state index in [0.717, 1.165) is 33.7 Å². The van der Waals surface area contributed by atoms with Crippen LogP contribution in [0, 0.1) is 0 Å². The molecule has 110 valence electrons. The van der Waals surface area contributed by atoms with Gasteiger partial charge >= 0.3 is 6.09 Å². The third-order valence-corrected chi connectivity index (χ3v) is 3.90. The fourth-order valence-corrected chi connectivity index (χ4v) is 2.81. The van der Waals surface area contributed by atoms with Crippen molar-refractivity contribution in [2.75, 3.05) is 5.32 Å². The first kappa shape index (κ1) is 12.9. The van der Waals surface area contributed by atoms with Crippen molar-refractivity contribution in [2.45, 2.75) is 19.4 Å². The molecule has 4 rings (SSSR count). The van der Waals surface area contributed by atoms with Crippen LogP contribution < -0.4 is 5.32 Å². The Morgan fingerprint density at radius 2 is 1.91 bits per heavy atom. The number of anilines is 1. The third-order valence-electron chi connectivity index (χ3n) is 3.90. The average Bonchev–Trinajstić information content (AvgIpc) is 2.88. The molecule has 0 bridgehead atoms. The van der Waals surface area contributed by atoms with Gasteiger partial charge in [0, 0.05) is 11.1 Å². The molecule has 1 aromatic heterocycles. The van der Waals surface area contributed by atoms with Crippen LogP contribution >= 0.6 is 0 Å². The first-order valence-electron chi connectivity index (χ1n) is 7.12. The number of nitrogens with zero attached hydrogens (tertiary/aromatic N) is 1. The van der Waals surface area contributed by atoms with E-state index in [9.17, 15) is 4.79 Å². The Morgan fingerprint density at radius 1 is 1.14 bits per heavy atom. The van der Waals surface area contributed by atoms with E-state index in [1.165, 1.54) is 0 Å². The molecular weight excluding hydrogens is 278 g/mol. The maximum absolute atomic E-state index is 11.6. The maximum Gasteiger partial charge on any atom is 0.412 e. The van der Waals surface area contributed by atoms with Gasteiger partial charge in [0.05, 0.1) is 16.7 Å². The van der Waals surface area contributed by atoms with Gasteiger partial charge < -0.3 is 9.72 Å². The lowest BCUT2D eigenvalue weighted by atomic mass is 9.94. The first-order chi connectivity index (χ1) is 10.5. The number of amides is 1. The molecule has 0 spiro atoms. The second-order valence-corrected chi connectivity index (χ2v) is 5.89. The van der Waals surface area contributed by atoms with Crippen molar-refractivity contribution in [2.24, 2.45) is 0 Å². The van der Waals surface area contributed by atoms with E-state index in [-0.39, 0.29) is 0 Å². The lowest BCUT2D eigenvalue weighted by molar-refractivity contribution is 0.0421. The predicted molar refractivity (Wildman–Crippen MR) is 84.7 cm³/mol. The van der Waals surface area contributed by atoms with Gasteiger partial charge in [-0.2, -0.15) is 0 Å². The number of ether oxygens (including phenoxy) is 1. The van der Waals surface area contributed by atoms with Gasteiger partial charge in [-0.15, -0.1) is 0 Å². The van der Waals surface area contributed by atoms with E-state index in [0.29, 0.717) is 0 Å². The highest BCUT2D eigenvalue weighted by Crippen LogP contribution is 2.38. The summed E-state index contributed by atoms with van der Waals surface area (Å²) in [5.74, 6) is 0.808. The zero-order valence-electron chi connectivity index (χ0n) is 12.3. The van der Waals surface area contributed by atoms with E-state index in [1.54, 1.807) is 0 Å². The van der Waals surface area contributed by atoms with Gasteiger partial charge in [0.15, 0.2) is 0 Å². The molecule has 0 saturated carbocycles. The van der Waals surface area contributed by atoms with Crippen LogP contribution in [-0.4, -0.2) is 16.1 Å². The van der Waals surface area contributed by atoms with Crippen LogP contribution in [0.25, 0.3) is 22.4 Å². The highest BCUT2D eigenvalue weighted by Gasteiger charge is 2.34. The summed E-state index contributed by atoms with van der Waals surface area (Å²) in [6, 6.07) is 13.8. The van der Waals surface area contributed by atoms with Gasteiger partial charge in [0.2, 0.25) is 0 Å². The number of hydrogen-bond donors (Lipinski definition) is 2. The second kappa shape index (κ2) is 4.34. The van der Waals surface area contributed by atoms with Crippen LogP contribution in [0.3, 0.4) is 0 Å². The second-order valence-electron chi connectivity index (χ2n) is 5.89. The van der Waals surface area contributed by atoms with E-state index < -0.39 is 11.7 Å². The number of benzene rings is 2. The third kappa shape index (κ3) is 1.94. The SMILES string of the molecule is CC1(C)OC(=O)Nc2cc3nc(-c4ccccc4)[nH]c3cc21. The molecule has 2 heterocycles. The van der Waals surface area contributed by atoms with Crippen molar-refractivity contribution in [1.29, 1.82) is 0 Å². The monoisotopic (exact) mass is 293 g/mol. The van der Waals surface area contributed by atoms with Crippen molar-refractivity contribution in [1.82, 2.24) is 9.97 Å². The number of aromatic nitrogens is 2. The summed E-state index contributed by atoms with van der Waals surface area (Å²) >= 11 is 0. The minimum absolute atomic E-state index is 0.435. The minimum Gasteiger partial charge on any atom is -0.438 e. The molecule has 0 unspecified atom stereocenters. The number of nitrogens with one attached hydrogen (secondary N) is 2. The molecule has 1 aliphatic rings. The number of carbonyl (C=O) groups excluding carboxylic acids is 1. The molecule has 5 nitrogen and oxygen atoms in total. The van der Waals surface area contributed by atoms with Crippen molar-refractivity contribution < 1.29 is 9.53 Å². The number of imidazole rings is 1. The topological polar surface area (TPSA) is 67.0 Å². The highest BCUT2D eigenvalue weighted by atomic mass is 16.6. The van der Waals surface area contributed by atoms with Crippen LogP contribution in [-0.2, 0) is 10.3 Å². The fourth-order valence-electron chi connectivity index (χ4n) is 2.81. The Balaban J connectivity index is 1.90. The number of carbonyl (C=O) groups is 1. The Bertz CT molecular complexity index is 882. The van der Waals surface area contributed by atoms with Crippen molar-refractivity contribution in [3.63, 3.8) is 0 Å². The molecule has 22 heavy (non-hydrogen) atoms. The molecule has 0 radical (unpaired) electrons. The molecular formula is C17H15N3O2. The normalized spacial score (nSPS) is 16.0. The molecule has 1 aliphatic heterocycles. The summed E-state index contributed by atoms with van der Waals surface area (Å²) in [6.07, 6.45) is -0.435. The zero-order chi connectivity index (χ0) is 15.3. The van der Waals surface area contributed by atoms with Gasteiger partial charge in [-0.05, 0) is 26.0 Å². The van der Waals surface area contributed by atoms with E-state index in [1.807, 2.05) is 56.3 Å². The Labute approximate surface area is 127 Å². The standard InChI is InChI=1S/C17H15N3O2/c1-17(2)11-8-13-14(9-12(11)20-16(21)22-17)19-15(18-13)10-6-4-3-5-7-10/h3-9H,1-2H3,(H,18,19)(H,20,21). The lowest BCUT2D eigenvalue weighted by Gasteiger charge is -2.32. The number of aromatic amines is 1. The molecule has 1 amide bonds. The molecule has 0 fully saturated rings. The van der Waals surface area contributed by atoms with Crippen LogP contribution in [0.1, 0.15) is 19.4 Å². The number of cyclic esters (lactones) is 1. The summed E-state index contributed by atoms with van der Waals surface area (Å²) < 4.78 is 5.36. The van der Waals surface area contributed by atoms with Crippen molar-refractivity contribution in [3.05, 3.63) is 48.0 Å². The molecule has 3 aromatic rings. The van der Waals surface area contributed by atoms with Gasteiger partial charge in [-0.25, -0.2) is 9.78 Å². The summed E-state index contributed by atoms with van der Waals surface area (Å²) in [6.45, 7) is 3.76. The minimum atomic E-state index is -0.663. The summed E-state index contributed by atoms with van der Waals surface area (Å²) in [5.41, 5.74) is 3.78. The molecule has 5 heteroatoms. The maximum atomic E-state index is 11.6. The number of hydrogen-bond acceptors (Lipinski definition) is 3. The number of rotatable bonds is 1. The van der Waals surface area contributed by atoms with Gasteiger partial charge in [0.25, 0.3) is 0 Å². The summed E-state index contributed by atoms with van der Waals surface area (Å²) in [4.78, 5) is 19.6. The van der Waals surface area contributed by atoms with Crippen molar-refractivity contribution >= 4 is 22.8 Å². The lowest BCUT2D eigenvalue weighted by Crippen LogP contribution is -2.34. The van der Waals surface area contributed by atoms with Gasteiger partial charge in [-0.3, -0.25) is 5.32 Å². The smallest absolute Gasteiger partial charge is 0.412 e. The summed E-state index contributed by atoms with van der Waals surface area (Å²) in [5, 5.41) is 2.74. The molecule has 2 aromatic carbocycles. The van der Waals surface area contributed by atoms with Crippen molar-refractivity contribution in [3.8, 4) is 11.4 Å². The van der Waals surface area contributed by atoms with E-state index >= 15 is 0 Å². The molecule has 2 N–H and O–H groups in total. The van der Waals surface area contributed by atoms with E-state index in [2.05, 4.69) is 15.3 Å². The number of H-pyrrole nitrogens is 1. The predicted octanol–water partition coefficient (Wildman–Crippen LogP) is 4.03. The Hall–Kier alpha value is -2.82. The van der Waals surface area contributed by atoms with E-state index in [4.69, 9.17) is 4.74 Å². The van der Waals surface area contributed by atoms with Gasteiger partial charge in [0.1, 0.15) is 11.4 Å². The van der Waals surface area contributed by atoms with Crippen LogP contribution in [0.2, 0.25) is 0 Å². The van der Waals surface area contributed by atoms with Crippen LogP contribution in [0.4, 0.5) is 10.5 Å². The Morgan fingerprint density at radius 3 is 2.68 bits per heavy atom. The van der Waals surface area contributed by atoms with Crippen LogP contribution in [0.5, 0.6) is 0 Å². The highest BCUT2D eigenvalue weighted by molar-refractivity contribution is 5.94. The molecule has 0 aliphatic carbocycles. The number of fused-ring (bicyclic) bond motifs is 2. The summed E-state index contributed by atoms with van der Waals surface area (Å²) in [7, 11) is 0. The molecule has 0 saturated heterocycles. The zero-order valence-corrected chi connectivity index (χ0v) is 12.3. The van der Waals surface area contributed by atoms with Gasteiger partial charge in [-0.1, -0.05) is 30.3 Å². The largest absolute Gasteiger partial charge is 0.438 e. The quantitative estimate of drug-likeness (QED) is 0.712. The molecule has 0 atom stereocenters.